The molecule has 2 amide bonds. The average molecular weight is 458 g/mol. The van der Waals surface area contributed by atoms with E-state index in [9.17, 15) is 9.59 Å². The van der Waals surface area contributed by atoms with Crippen LogP contribution >= 0.6 is 15.9 Å². The summed E-state index contributed by atoms with van der Waals surface area (Å²) in [5, 5.41) is 13.4. The maximum atomic E-state index is 12.6. The van der Waals surface area contributed by atoms with Crippen LogP contribution < -0.4 is 15.4 Å². The lowest BCUT2D eigenvalue weighted by Crippen LogP contribution is -2.29. The molecule has 0 fully saturated rings. The van der Waals surface area contributed by atoms with E-state index in [2.05, 4.69) is 36.9 Å². The number of hydrogen-bond donors (Lipinski definition) is 2. The first-order valence-electron chi connectivity index (χ1n) is 9.03. The standard InChI is InChI=1S/C20H20BrN5O3/c1-3-10-22-20(28)23-15-7-5-9-17(12-15)29-19(27)18-13(2)26(25-24-18)16-8-4-6-14(21)11-16/h4-9,11-12H,3,10H2,1-2H3,(H2,22,23,28). The fourth-order valence-corrected chi connectivity index (χ4v) is 2.96. The van der Waals surface area contributed by atoms with Gasteiger partial charge in [-0.15, -0.1) is 5.10 Å². The van der Waals surface area contributed by atoms with Crippen molar-refractivity contribution in [1.82, 2.24) is 20.3 Å². The van der Waals surface area contributed by atoms with Gasteiger partial charge in [0.05, 0.1) is 11.4 Å². The van der Waals surface area contributed by atoms with Crippen LogP contribution in [0.2, 0.25) is 0 Å². The van der Waals surface area contributed by atoms with Gasteiger partial charge in [0.15, 0.2) is 5.69 Å². The fraction of sp³-hybridized carbons (Fsp3) is 0.200. The Morgan fingerprint density at radius 3 is 2.72 bits per heavy atom. The first-order valence-corrected chi connectivity index (χ1v) is 9.82. The van der Waals surface area contributed by atoms with Crippen LogP contribution in [0.3, 0.4) is 0 Å². The van der Waals surface area contributed by atoms with Crippen molar-refractivity contribution in [3.05, 3.63) is 64.4 Å². The molecule has 0 atom stereocenters. The number of benzene rings is 2. The van der Waals surface area contributed by atoms with E-state index in [1.54, 1.807) is 35.9 Å². The van der Waals surface area contributed by atoms with Gasteiger partial charge in [0.25, 0.3) is 0 Å². The van der Waals surface area contributed by atoms with Crippen molar-refractivity contribution >= 4 is 33.6 Å². The zero-order chi connectivity index (χ0) is 20.8. The number of amides is 2. The number of hydrogen-bond acceptors (Lipinski definition) is 5. The molecule has 150 valence electrons. The Morgan fingerprint density at radius 1 is 1.17 bits per heavy atom. The highest BCUT2D eigenvalue weighted by molar-refractivity contribution is 9.10. The molecule has 0 bridgehead atoms. The van der Waals surface area contributed by atoms with Crippen LogP contribution in [0.25, 0.3) is 5.69 Å². The van der Waals surface area contributed by atoms with Gasteiger partial charge in [-0.25, -0.2) is 14.3 Å². The molecule has 3 rings (SSSR count). The summed E-state index contributed by atoms with van der Waals surface area (Å²) in [6.45, 7) is 4.29. The first kappa shape index (κ1) is 20.5. The Hall–Kier alpha value is -3.20. The number of halogens is 1. The summed E-state index contributed by atoms with van der Waals surface area (Å²) in [5.41, 5.74) is 1.96. The van der Waals surface area contributed by atoms with Gasteiger partial charge in [0, 0.05) is 22.8 Å². The number of ether oxygens (including phenoxy) is 1. The van der Waals surface area contributed by atoms with Crippen LogP contribution in [0.1, 0.15) is 29.5 Å². The predicted octanol–water partition coefficient (Wildman–Crippen LogP) is 4.09. The highest BCUT2D eigenvalue weighted by Crippen LogP contribution is 2.21. The number of anilines is 1. The highest BCUT2D eigenvalue weighted by Gasteiger charge is 2.20. The van der Waals surface area contributed by atoms with Crippen molar-refractivity contribution in [3.8, 4) is 11.4 Å². The van der Waals surface area contributed by atoms with E-state index in [-0.39, 0.29) is 11.7 Å². The molecule has 1 aromatic heterocycles. The number of aromatic nitrogens is 3. The zero-order valence-corrected chi connectivity index (χ0v) is 17.6. The summed E-state index contributed by atoms with van der Waals surface area (Å²) in [5.74, 6) is -0.337. The molecule has 0 spiro atoms. The number of nitrogens with zero attached hydrogens (tertiary/aromatic N) is 3. The van der Waals surface area contributed by atoms with Gasteiger partial charge in [-0.1, -0.05) is 40.2 Å². The van der Waals surface area contributed by atoms with E-state index in [4.69, 9.17) is 4.74 Å². The number of carbonyl (C=O) groups excluding carboxylic acids is 2. The topological polar surface area (TPSA) is 98.1 Å². The number of rotatable bonds is 6. The van der Waals surface area contributed by atoms with Gasteiger partial charge in [-0.05, 0) is 43.7 Å². The van der Waals surface area contributed by atoms with E-state index in [1.807, 2.05) is 31.2 Å². The Kier molecular flexibility index (Phi) is 6.61. The monoisotopic (exact) mass is 457 g/mol. The summed E-state index contributed by atoms with van der Waals surface area (Å²) in [7, 11) is 0. The van der Waals surface area contributed by atoms with Gasteiger partial charge in [-0.3, -0.25) is 0 Å². The van der Waals surface area contributed by atoms with Crippen molar-refractivity contribution in [1.29, 1.82) is 0 Å². The summed E-state index contributed by atoms with van der Waals surface area (Å²) in [6, 6.07) is 13.8. The van der Waals surface area contributed by atoms with E-state index in [0.717, 1.165) is 16.6 Å². The molecule has 8 nitrogen and oxygen atoms in total. The first-order chi connectivity index (χ1) is 14.0. The lowest BCUT2D eigenvalue weighted by molar-refractivity contribution is 0.0728. The summed E-state index contributed by atoms with van der Waals surface area (Å²) >= 11 is 3.41. The molecule has 29 heavy (non-hydrogen) atoms. The molecular weight excluding hydrogens is 438 g/mol. The Bertz CT molecular complexity index is 1030. The number of nitrogens with one attached hydrogen (secondary N) is 2. The molecule has 0 unspecified atom stereocenters. The van der Waals surface area contributed by atoms with Crippen molar-refractivity contribution in [2.24, 2.45) is 0 Å². The Morgan fingerprint density at radius 2 is 1.97 bits per heavy atom. The molecule has 0 saturated carbocycles. The van der Waals surface area contributed by atoms with Gasteiger partial charge in [0.1, 0.15) is 5.75 Å². The third-order valence-corrected chi connectivity index (χ3v) is 4.47. The summed E-state index contributed by atoms with van der Waals surface area (Å²) < 4.78 is 7.88. The van der Waals surface area contributed by atoms with Gasteiger partial charge < -0.3 is 15.4 Å². The average Bonchev–Trinajstić information content (AvgIpc) is 3.08. The molecule has 0 aliphatic heterocycles. The van der Waals surface area contributed by atoms with Crippen molar-refractivity contribution in [3.63, 3.8) is 0 Å². The van der Waals surface area contributed by atoms with Crippen molar-refractivity contribution in [2.75, 3.05) is 11.9 Å². The second kappa shape index (κ2) is 9.33. The van der Waals surface area contributed by atoms with E-state index < -0.39 is 5.97 Å². The summed E-state index contributed by atoms with van der Waals surface area (Å²) in [6.07, 6.45) is 0.838. The van der Waals surface area contributed by atoms with Crippen LogP contribution in [0.4, 0.5) is 10.5 Å². The predicted molar refractivity (Wildman–Crippen MR) is 113 cm³/mol. The van der Waals surface area contributed by atoms with Crippen LogP contribution in [-0.2, 0) is 0 Å². The van der Waals surface area contributed by atoms with E-state index in [1.165, 1.54) is 0 Å². The van der Waals surface area contributed by atoms with Gasteiger partial charge in [-0.2, -0.15) is 0 Å². The number of urea groups is 1. The minimum Gasteiger partial charge on any atom is -0.422 e. The minimum absolute atomic E-state index is 0.115. The van der Waals surface area contributed by atoms with Crippen molar-refractivity contribution in [2.45, 2.75) is 20.3 Å². The van der Waals surface area contributed by atoms with Crippen molar-refractivity contribution < 1.29 is 14.3 Å². The molecule has 2 N–H and O–H groups in total. The lowest BCUT2D eigenvalue weighted by atomic mass is 10.3. The molecular formula is C20H20BrN5O3. The second-order valence-electron chi connectivity index (χ2n) is 6.21. The van der Waals surface area contributed by atoms with Gasteiger partial charge >= 0.3 is 12.0 Å². The second-order valence-corrected chi connectivity index (χ2v) is 7.13. The molecule has 0 saturated heterocycles. The molecule has 0 radical (unpaired) electrons. The van der Waals surface area contributed by atoms with Gasteiger partial charge in [0.2, 0.25) is 0 Å². The quantitative estimate of drug-likeness (QED) is 0.429. The Labute approximate surface area is 176 Å². The molecule has 3 aromatic rings. The van der Waals surface area contributed by atoms with Crippen LogP contribution in [-0.4, -0.2) is 33.5 Å². The smallest absolute Gasteiger partial charge is 0.366 e. The third-order valence-electron chi connectivity index (χ3n) is 3.98. The van der Waals surface area contributed by atoms with E-state index >= 15 is 0 Å². The maximum absolute atomic E-state index is 12.6. The molecule has 0 aliphatic carbocycles. The Balaban J connectivity index is 1.73. The number of carbonyl (C=O) groups is 2. The minimum atomic E-state index is -0.628. The SMILES string of the molecule is CCCNC(=O)Nc1cccc(OC(=O)c2nnn(-c3cccc(Br)c3)c2C)c1. The zero-order valence-electron chi connectivity index (χ0n) is 16.0. The number of esters is 1. The molecule has 0 aliphatic rings. The van der Waals surface area contributed by atoms with Crippen LogP contribution in [0.5, 0.6) is 5.75 Å². The highest BCUT2D eigenvalue weighted by atomic mass is 79.9. The normalized spacial score (nSPS) is 10.4. The molecule has 9 heteroatoms. The maximum Gasteiger partial charge on any atom is 0.366 e. The summed E-state index contributed by atoms with van der Waals surface area (Å²) in [4.78, 5) is 24.4. The fourth-order valence-electron chi connectivity index (χ4n) is 2.58. The van der Waals surface area contributed by atoms with Crippen LogP contribution in [0.15, 0.2) is 53.0 Å². The molecule has 2 aromatic carbocycles. The van der Waals surface area contributed by atoms with Crippen LogP contribution in [0, 0.1) is 6.92 Å². The largest absolute Gasteiger partial charge is 0.422 e. The van der Waals surface area contributed by atoms with E-state index in [0.29, 0.717) is 23.7 Å². The third kappa shape index (κ3) is 5.20. The lowest BCUT2D eigenvalue weighted by Gasteiger charge is -2.08. The molecule has 1 heterocycles.